The molecule has 0 aliphatic carbocycles. The third kappa shape index (κ3) is 3.90. The molecule has 0 nitrogen and oxygen atoms in total. The quantitative estimate of drug-likeness (QED) is 0.188. The van der Waals surface area contributed by atoms with Gasteiger partial charge in [-0.05, 0) is 96.0 Å². The van der Waals surface area contributed by atoms with E-state index in [2.05, 4.69) is 158 Å². The zero-order valence-electron chi connectivity index (χ0n) is 23.4. The van der Waals surface area contributed by atoms with Crippen LogP contribution in [0.1, 0.15) is 0 Å². The Bertz CT molecular complexity index is 2500. The molecular weight excluding hydrogens is 537 g/mol. The van der Waals surface area contributed by atoms with E-state index < -0.39 is 0 Å². The van der Waals surface area contributed by atoms with Crippen molar-refractivity contribution in [1.82, 2.24) is 0 Å². The lowest BCUT2D eigenvalue weighted by molar-refractivity contribution is 1.63. The summed E-state index contributed by atoms with van der Waals surface area (Å²) in [4.78, 5) is 0. The van der Waals surface area contributed by atoms with E-state index in [4.69, 9.17) is 0 Å². The van der Waals surface area contributed by atoms with Gasteiger partial charge in [0.05, 0.1) is 0 Å². The van der Waals surface area contributed by atoms with Crippen LogP contribution in [-0.4, -0.2) is 0 Å². The molecule has 0 bridgehead atoms. The summed E-state index contributed by atoms with van der Waals surface area (Å²) >= 11 is 1.87. The molecule has 0 radical (unpaired) electrons. The van der Waals surface area contributed by atoms with Crippen LogP contribution in [0.2, 0.25) is 0 Å². The van der Waals surface area contributed by atoms with Crippen LogP contribution < -0.4 is 0 Å². The van der Waals surface area contributed by atoms with Crippen molar-refractivity contribution in [3.8, 4) is 33.4 Å². The molecule has 200 valence electrons. The molecule has 0 aliphatic rings. The van der Waals surface area contributed by atoms with E-state index in [0.717, 1.165) is 0 Å². The Kier molecular flexibility index (Phi) is 5.47. The Morgan fingerprint density at radius 2 is 0.791 bits per heavy atom. The third-order valence-corrected chi connectivity index (χ3v) is 9.99. The van der Waals surface area contributed by atoms with Crippen LogP contribution in [0.5, 0.6) is 0 Å². The van der Waals surface area contributed by atoms with Gasteiger partial charge in [0.25, 0.3) is 0 Å². The van der Waals surface area contributed by atoms with Crippen molar-refractivity contribution < 1.29 is 0 Å². The van der Waals surface area contributed by atoms with Crippen LogP contribution in [0.3, 0.4) is 0 Å². The van der Waals surface area contributed by atoms with Crippen molar-refractivity contribution >= 4 is 63.8 Å². The topological polar surface area (TPSA) is 0 Å². The summed E-state index contributed by atoms with van der Waals surface area (Å²) in [5.74, 6) is 0. The number of thiophene rings is 1. The molecule has 1 aromatic heterocycles. The van der Waals surface area contributed by atoms with E-state index in [1.54, 1.807) is 0 Å². The van der Waals surface area contributed by atoms with Gasteiger partial charge in [0.2, 0.25) is 0 Å². The van der Waals surface area contributed by atoms with Crippen LogP contribution >= 0.6 is 11.3 Å². The van der Waals surface area contributed by atoms with E-state index >= 15 is 0 Å². The summed E-state index contributed by atoms with van der Waals surface area (Å²) in [6.45, 7) is 0. The molecule has 0 saturated heterocycles. The first kappa shape index (κ1) is 24.4. The number of hydrogen-bond acceptors (Lipinski definition) is 1. The molecule has 0 atom stereocenters. The standard InChI is InChI=1S/C42H26S/c1-2-10-27(11-3-1)29-20-22-35-33-14-4-5-15-34(33)36-23-21-30(26-39(36)38(35)25-29)28-12-8-13-31(24-28)32-17-9-19-41-42(32)37-16-6-7-18-40(37)43-41/h1-26H. The van der Waals surface area contributed by atoms with Gasteiger partial charge in [0.1, 0.15) is 0 Å². The first-order valence-corrected chi connectivity index (χ1v) is 15.6. The van der Waals surface area contributed by atoms with Crippen molar-refractivity contribution in [2.75, 3.05) is 0 Å². The number of fused-ring (bicyclic) bond motifs is 9. The highest BCUT2D eigenvalue weighted by Crippen LogP contribution is 2.42. The minimum atomic E-state index is 1.23. The lowest BCUT2D eigenvalue weighted by Gasteiger charge is -2.14. The molecule has 0 unspecified atom stereocenters. The maximum Gasteiger partial charge on any atom is 0.0361 e. The van der Waals surface area contributed by atoms with Crippen LogP contribution in [0.25, 0.3) is 85.9 Å². The summed E-state index contributed by atoms with van der Waals surface area (Å²) in [7, 11) is 0. The highest BCUT2D eigenvalue weighted by atomic mass is 32.1. The second-order valence-electron chi connectivity index (χ2n) is 11.3. The molecule has 0 fully saturated rings. The monoisotopic (exact) mass is 562 g/mol. The van der Waals surface area contributed by atoms with Gasteiger partial charge in [-0.1, -0.05) is 127 Å². The maximum absolute atomic E-state index is 2.40. The Labute approximate surface area is 254 Å². The van der Waals surface area contributed by atoms with Gasteiger partial charge < -0.3 is 0 Å². The van der Waals surface area contributed by atoms with E-state index in [1.165, 1.54) is 85.9 Å². The molecule has 9 aromatic rings. The lowest BCUT2D eigenvalue weighted by Crippen LogP contribution is -1.87. The van der Waals surface area contributed by atoms with Gasteiger partial charge in [0, 0.05) is 20.2 Å². The average molecular weight is 563 g/mol. The molecular formula is C42H26S. The maximum atomic E-state index is 2.40. The largest absolute Gasteiger partial charge is 0.135 e. The zero-order chi connectivity index (χ0) is 28.3. The fourth-order valence-electron chi connectivity index (χ4n) is 6.83. The van der Waals surface area contributed by atoms with Gasteiger partial charge in [-0.3, -0.25) is 0 Å². The Balaban J connectivity index is 1.27. The minimum Gasteiger partial charge on any atom is -0.135 e. The molecule has 1 heterocycles. The van der Waals surface area contributed by atoms with Crippen molar-refractivity contribution in [3.05, 3.63) is 158 Å². The van der Waals surface area contributed by atoms with Gasteiger partial charge >= 0.3 is 0 Å². The van der Waals surface area contributed by atoms with E-state index in [-0.39, 0.29) is 0 Å². The van der Waals surface area contributed by atoms with Crippen LogP contribution in [-0.2, 0) is 0 Å². The molecule has 0 N–H and O–H groups in total. The van der Waals surface area contributed by atoms with Crippen molar-refractivity contribution in [3.63, 3.8) is 0 Å². The molecule has 0 spiro atoms. The second-order valence-corrected chi connectivity index (χ2v) is 12.4. The highest BCUT2D eigenvalue weighted by Gasteiger charge is 2.14. The molecule has 0 aliphatic heterocycles. The normalized spacial score (nSPS) is 11.7. The minimum absolute atomic E-state index is 1.23. The van der Waals surface area contributed by atoms with E-state index in [0.29, 0.717) is 0 Å². The predicted molar refractivity (Wildman–Crippen MR) is 188 cm³/mol. The number of benzene rings is 8. The fraction of sp³-hybridized carbons (Fsp3) is 0. The second kappa shape index (κ2) is 9.66. The van der Waals surface area contributed by atoms with E-state index in [9.17, 15) is 0 Å². The first-order chi connectivity index (χ1) is 21.3. The van der Waals surface area contributed by atoms with Crippen LogP contribution in [0.4, 0.5) is 0 Å². The van der Waals surface area contributed by atoms with Gasteiger partial charge in [0.15, 0.2) is 0 Å². The Morgan fingerprint density at radius 1 is 0.279 bits per heavy atom. The fourth-order valence-corrected chi connectivity index (χ4v) is 7.96. The molecule has 9 rings (SSSR count). The van der Waals surface area contributed by atoms with Crippen LogP contribution in [0.15, 0.2) is 158 Å². The van der Waals surface area contributed by atoms with E-state index in [1.807, 2.05) is 11.3 Å². The SMILES string of the molecule is c1ccc(-c2ccc3c4ccccc4c4ccc(-c5cccc(-c6cccc7sc8ccccc8c67)c5)cc4c3c2)cc1. The Morgan fingerprint density at radius 3 is 1.53 bits per heavy atom. The zero-order valence-corrected chi connectivity index (χ0v) is 24.2. The average Bonchev–Trinajstić information content (AvgIpc) is 3.47. The smallest absolute Gasteiger partial charge is 0.0361 e. The summed E-state index contributed by atoms with van der Waals surface area (Å²) in [5, 5.41) is 10.5. The van der Waals surface area contributed by atoms with Crippen molar-refractivity contribution in [1.29, 1.82) is 0 Å². The number of hydrogen-bond donors (Lipinski definition) is 0. The predicted octanol–water partition coefficient (Wildman–Crippen LogP) is 12.5. The lowest BCUT2D eigenvalue weighted by atomic mass is 9.90. The summed E-state index contributed by atoms with van der Waals surface area (Å²) in [6, 6.07) is 58.0. The molecule has 8 aromatic carbocycles. The Hall–Kier alpha value is -5.24. The summed E-state index contributed by atoms with van der Waals surface area (Å²) in [6.07, 6.45) is 0. The van der Waals surface area contributed by atoms with Gasteiger partial charge in [-0.25, -0.2) is 0 Å². The third-order valence-electron chi connectivity index (χ3n) is 8.85. The summed E-state index contributed by atoms with van der Waals surface area (Å²) < 4.78 is 2.67. The molecule has 0 saturated carbocycles. The highest BCUT2D eigenvalue weighted by molar-refractivity contribution is 7.25. The van der Waals surface area contributed by atoms with Gasteiger partial charge in [-0.15, -0.1) is 11.3 Å². The summed E-state index contributed by atoms with van der Waals surface area (Å²) in [5.41, 5.74) is 7.50. The van der Waals surface area contributed by atoms with Crippen molar-refractivity contribution in [2.24, 2.45) is 0 Å². The molecule has 43 heavy (non-hydrogen) atoms. The number of rotatable bonds is 3. The first-order valence-electron chi connectivity index (χ1n) is 14.8. The van der Waals surface area contributed by atoms with Gasteiger partial charge in [-0.2, -0.15) is 0 Å². The molecule has 0 amide bonds. The molecule has 1 heteroatoms. The van der Waals surface area contributed by atoms with Crippen molar-refractivity contribution in [2.45, 2.75) is 0 Å². The van der Waals surface area contributed by atoms with Crippen LogP contribution in [0, 0.1) is 0 Å².